The molecule has 3 heterocycles. The summed E-state index contributed by atoms with van der Waals surface area (Å²) in [5.74, 6) is -0.0389. The van der Waals surface area contributed by atoms with Gasteiger partial charge in [-0.2, -0.15) is 0 Å². The van der Waals surface area contributed by atoms with E-state index < -0.39 is 0 Å². The van der Waals surface area contributed by atoms with E-state index in [1.165, 1.54) is 18.2 Å². The van der Waals surface area contributed by atoms with Gasteiger partial charge in [0.25, 0.3) is 0 Å². The normalized spacial score (nSPS) is 21.8. The fraction of sp³-hybridized carbons (Fsp3) is 0.387. The summed E-state index contributed by atoms with van der Waals surface area (Å²) in [4.78, 5) is 21.9. The second-order valence-corrected chi connectivity index (χ2v) is 10.7. The molecule has 0 radical (unpaired) electrons. The van der Waals surface area contributed by atoms with Gasteiger partial charge in [-0.1, -0.05) is 30.3 Å². The van der Waals surface area contributed by atoms with Crippen LogP contribution in [0.1, 0.15) is 23.5 Å². The van der Waals surface area contributed by atoms with E-state index in [1.807, 2.05) is 53.4 Å². The Morgan fingerprint density at radius 2 is 1.50 bits per heavy atom. The number of rotatable bonds is 6. The van der Waals surface area contributed by atoms with E-state index in [-0.39, 0.29) is 29.5 Å². The number of carbonyl (C=O) groups is 1. The topological polar surface area (TPSA) is 30.0 Å². The highest BCUT2D eigenvalue weighted by Crippen LogP contribution is 2.48. The molecule has 198 valence electrons. The van der Waals surface area contributed by atoms with Gasteiger partial charge in [-0.15, -0.1) is 0 Å². The van der Waals surface area contributed by atoms with Gasteiger partial charge in [0.15, 0.2) is 0 Å². The van der Waals surface area contributed by atoms with Gasteiger partial charge in [-0.3, -0.25) is 9.69 Å². The maximum absolute atomic E-state index is 14.3. The fourth-order valence-electron chi connectivity index (χ4n) is 6.36. The van der Waals surface area contributed by atoms with Crippen molar-refractivity contribution in [3.05, 3.63) is 95.6 Å². The zero-order chi connectivity index (χ0) is 26.1. The summed E-state index contributed by atoms with van der Waals surface area (Å²) in [6.07, 6.45) is 1.44. The Morgan fingerprint density at radius 3 is 2.26 bits per heavy atom. The van der Waals surface area contributed by atoms with E-state index >= 15 is 0 Å². The Hall–Kier alpha value is -3.29. The molecule has 0 saturated carbocycles. The third-order valence-corrected chi connectivity index (χ3v) is 8.40. The summed E-state index contributed by atoms with van der Waals surface area (Å²) in [6.45, 7) is 7.13. The van der Waals surface area contributed by atoms with Crippen LogP contribution in [0.2, 0.25) is 0 Å². The number of hydrogen-bond donors (Lipinski definition) is 0. The summed E-state index contributed by atoms with van der Waals surface area (Å²) in [7, 11) is 0. The highest BCUT2D eigenvalue weighted by Gasteiger charge is 2.42. The van der Waals surface area contributed by atoms with Crippen molar-refractivity contribution in [3.63, 3.8) is 0 Å². The number of amides is 1. The third-order valence-electron chi connectivity index (χ3n) is 8.40. The highest BCUT2D eigenvalue weighted by molar-refractivity contribution is 5.79. The van der Waals surface area contributed by atoms with Crippen LogP contribution in [0.15, 0.2) is 72.8 Å². The second-order valence-electron chi connectivity index (χ2n) is 10.7. The molecule has 3 aliphatic rings. The van der Waals surface area contributed by atoms with E-state index in [4.69, 9.17) is 0 Å². The first-order valence-corrected chi connectivity index (χ1v) is 13.7. The van der Waals surface area contributed by atoms with E-state index in [9.17, 15) is 13.6 Å². The Labute approximate surface area is 223 Å². The lowest BCUT2D eigenvalue weighted by atomic mass is 9.89. The number of halogens is 2. The molecule has 0 bridgehead atoms. The number of fused-ring (bicyclic) bond motifs is 3. The van der Waals surface area contributed by atoms with Gasteiger partial charge in [-0.05, 0) is 60.0 Å². The van der Waals surface area contributed by atoms with E-state index in [2.05, 4.69) is 14.7 Å². The maximum Gasteiger partial charge on any atom is 0.227 e. The lowest BCUT2D eigenvalue weighted by molar-refractivity contribution is -0.132. The molecule has 0 aromatic heterocycles. The predicted octanol–water partition coefficient (Wildman–Crippen LogP) is 4.66. The molecule has 1 amide bonds. The van der Waals surface area contributed by atoms with Gasteiger partial charge in [0.1, 0.15) is 11.6 Å². The zero-order valence-electron chi connectivity index (χ0n) is 21.6. The van der Waals surface area contributed by atoms with Crippen LogP contribution in [0.4, 0.5) is 20.2 Å². The number of nitrogens with zero attached hydrogens (tertiary/aromatic N) is 4. The SMILES string of the molecule is O=C(Cc1ccccc1)N1CCN(CCN2CC[C@@H]3[C@@H](C2)c2cc(F)ccc2N3c2ccc(F)cc2)CC1. The number of benzene rings is 3. The van der Waals surface area contributed by atoms with Crippen molar-refractivity contribution >= 4 is 17.3 Å². The molecule has 3 aromatic rings. The summed E-state index contributed by atoms with van der Waals surface area (Å²) in [5, 5.41) is 0. The van der Waals surface area contributed by atoms with Gasteiger partial charge in [-0.25, -0.2) is 8.78 Å². The van der Waals surface area contributed by atoms with Crippen molar-refractivity contribution in [1.82, 2.24) is 14.7 Å². The quantitative estimate of drug-likeness (QED) is 0.477. The van der Waals surface area contributed by atoms with Crippen LogP contribution in [-0.4, -0.2) is 79.0 Å². The Bertz CT molecular complexity index is 1260. The molecule has 3 aliphatic heterocycles. The Morgan fingerprint density at radius 1 is 0.789 bits per heavy atom. The van der Waals surface area contributed by atoms with Gasteiger partial charge < -0.3 is 14.7 Å². The van der Waals surface area contributed by atoms with Crippen molar-refractivity contribution < 1.29 is 13.6 Å². The van der Waals surface area contributed by atoms with Crippen LogP contribution in [-0.2, 0) is 11.2 Å². The summed E-state index contributed by atoms with van der Waals surface area (Å²) in [5.41, 5.74) is 4.11. The standard InChI is InChI=1S/C31H34F2N4O/c32-24-6-9-26(10-7-24)37-29-11-8-25(33)21-27(29)28-22-35(13-12-30(28)37)15-14-34-16-18-36(19-17-34)31(38)20-23-4-2-1-3-5-23/h1-11,21,28,30H,12-20,22H2/t28-,30+/m0/s1. The van der Waals surface area contributed by atoms with Crippen LogP contribution in [0, 0.1) is 11.6 Å². The average Bonchev–Trinajstić information content (AvgIpc) is 3.26. The first kappa shape index (κ1) is 25.0. The van der Waals surface area contributed by atoms with Crippen LogP contribution >= 0.6 is 0 Å². The summed E-state index contributed by atoms with van der Waals surface area (Å²) < 4.78 is 27.9. The van der Waals surface area contributed by atoms with E-state index in [1.54, 1.807) is 6.07 Å². The van der Waals surface area contributed by atoms with Crippen molar-refractivity contribution in [3.8, 4) is 0 Å². The fourth-order valence-corrected chi connectivity index (χ4v) is 6.36. The summed E-state index contributed by atoms with van der Waals surface area (Å²) >= 11 is 0. The van der Waals surface area contributed by atoms with Crippen molar-refractivity contribution in [2.45, 2.75) is 24.8 Å². The number of carbonyl (C=O) groups excluding carboxylic acids is 1. The molecule has 3 aromatic carbocycles. The predicted molar refractivity (Wildman–Crippen MR) is 146 cm³/mol. The smallest absolute Gasteiger partial charge is 0.227 e. The zero-order valence-corrected chi connectivity index (χ0v) is 21.6. The molecular formula is C31H34F2N4O. The number of piperazine rings is 1. The molecule has 2 atom stereocenters. The molecule has 0 spiro atoms. The molecule has 0 unspecified atom stereocenters. The number of hydrogen-bond acceptors (Lipinski definition) is 4. The van der Waals surface area contributed by atoms with Gasteiger partial charge in [0.2, 0.25) is 5.91 Å². The summed E-state index contributed by atoms with van der Waals surface area (Å²) in [6, 6.07) is 21.9. The lowest BCUT2D eigenvalue weighted by Crippen LogP contribution is -2.52. The molecule has 2 saturated heterocycles. The minimum atomic E-state index is -0.250. The minimum Gasteiger partial charge on any atom is -0.340 e. The van der Waals surface area contributed by atoms with Crippen LogP contribution in [0.3, 0.4) is 0 Å². The number of piperidine rings is 1. The van der Waals surface area contributed by atoms with Gasteiger partial charge in [0.05, 0.1) is 6.42 Å². The third kappa shape index (κ3) is 5.18. The molecule has 5 nitrogen and oxygen atoms in total. The molecule has 0 N–H and O–H groups in total. The van der Waals surface area contributed by atoms with Gasteiger partial charge in [0, 0.05) is 75.7 Å². The van der Waals surface area contributed by atoms with Crippen LogP contribution in [0.5, 0.6) is 0 Å². The van der Waals surface area contributed by atoms with Crippen molar-refractivity contribution in [2.24, 2.45) is 0 Å². The minimum absolute atomic E-state index is 0.204. The molecule has 2 fully saturated rings. The Kier molecular flexibility index (Phi) is 7.13. The van der Waals surface area contributed by atoms with Gasteiger partial charge >= 0.3 is 0 Å². The number of anilines is 2. The second kappa shape index (κ2) is 10.8. The molecule has 6 rings (SSSR count). The molecule has 0 aliphatic carbocycles. The number of likely N-dealkylation sites (tertiary alicyclic amines) is 1. The average molecular weight is 517 g/mol. The lowest BCUT2D eigenvalue weighted by Gasteiger charge is -2.40. The van der Waals surface area contributed by atoms with Crippen molar-refractivity contribution in [2.75, 3.05) is 57.3 Å². The van der Waals surface area contributed by atoms with Crippen LogP contribution in [0.25, 0.3) is 0 Å². The van der Waals surface area contributed by atoms with Crippen molar-refractivity contribution in [1.29, 1.82) is 0 Å². The molecule has 7 heteroatoms. The van der Waals surface area contributed by atoms with Crippen LogP contribution < -0.4 is 4.90 Å². The molecule has 38 heavy (non-hydrogen) atoms. The van der Waals surface area contributed by atoms with E-state index in [0.717, 1.165) is 81.3 Å². The molecular weight excluding hydrogens is 482 g/mol. The monoisotopic (exact) mass is 516 g/mol. The largest absolute Gasteiger partial charge is 0.340 e. The Balaban J connectivity index is 1.05. The highest BCUT2D eigenvalue weighted by atomic mass is 19.1. The first-order valence-electron chi connectivity index (χ1n) is 13.7. The first-order chi connectivity index (χ1) is 18.5. The maximum atomic E-state index is 14.3. The van der Waals surface area contributed by atoms with E-state index in [0.29, 0.717) is 6.42 Å².